The average molecular weight is 492 g/mol. The Labute approximate surface area is 206 Å². The first kappa shape index (κ1) is 23.2. The third-order valence-electron chi connectivity index (χ3n) is 6.25. The molecule has 0 bridgehead atoms. The van der Waals surface area contributed by atoms with Crippen molar-refractivity contribution in [2.75, 3.05) is 16.8 Å². The summed E-state index contributed by atoms with van der Waals surface area (Å²) < 4.78 is 15.2. The summed E-state index contributed by atoms with van der Waals surface area (Å²) in [6.45, 7) is 3.05. The molecule has 4 heterocycles. The molecule has 1 fully saturated rings. The van der Waals surface area contributed by atoms with Crippen molar-refractivity contribution in [3.63, 3.8) is 0 Å². The second kappa shape index (κ2) is 9.97. The number of pyridine rings is 1. The molecule has 2 atom stereocenters. The molecule has 9 heteroatoms. The molecule has 0 saturated carbocycles. The number of benzene rings is 1. The normalized spacial score (nSPS) is 16.4. The maximum absolute atomic E-state index is 13.4. The van der Waals surface area contributed by atoms with Gasteiger partial charge in [-0.1, -0.05) is 12.1 Å². The molecule has 180 valence electrons. The average Bonchev–Trinajstić information content (AvgIpc) is 3.60. The Balaban J connectivity index is 1.28. The first-order valence-corrected chi connectivity index (χ1v) is 12.4. The standard InChI is InChI=1S/C26H26FN5O2S/c1-17(33)19-6-8-20(9-7-19)32-13-3-4-22(32)21-16-35-26(29-21)30-25(34)23-5-2-12-31(23)15-18-10-11-28-24(27)14-18/h2,5-12,14,16-17,22,33H,3-4,13,15H2,1H3,(H,29,30,34)/t17-,22?/m0/s1. The van der Waals surface area contributed by atoms with Gasteiger partial charge in [0, 0.05) is 36.6 Å². The zero-order valence-electron chi connectivity index (χ0n) is 19.3. The number of nitrogens with one attached hydrogen (secondary N) is 1. The van der Waals surface area contributed by atoms with E-state index in [1.807, 2.05) is 29.6 Å². The van der Waals surface area contributed by atoms with Gasteiger partial charge in [0.2, 0.25) is 5.95 Å². The van der Waals surface area contributed by atoms with Crippen LogP contribution >= 0.6 is 11.3 Å². The van der Waals surface area contributed by atoms with Gasteiger partial charge in [0.15, 0.2) is 5.13 Å². The molecule has 35 heavy (non-hydrogen) atoms. The number of thiazole rings is 1. The van der Waals surface area contributed by atoms with E-state index >= 15 is 0 Å². The highest BCUT2D eigenvalue weighted by molar-refractivity contribution is 7.14. The van der Waals surface area contributed by atoms with Crippen LogP contribution in [0, 0.1) is 5.95 Å². The van der Waals surface area contributed by atoms with Crippen molar-refractivity contribution in [2.45, 2.75) is 38.5 Å². The second-order valence-electron chi connectivity index (χ2n) is 8.66. The fourth-order valence-electron chi connectivity index (χ4n) is 4.48. The number of amides is 1. The number of hydrogen-bond donors (Lipinski definition) is 2. The summed E-state index contributed by atoms with van der Waals surface area (Å²) in [6.07, 6.45) is 4.76. The molecule has 1 aliphatic heterocycles. The molecule has 0 spiro atoms. The number of carbonyl (C=O) groups excluding carboxylic acids is 1. The van der Waals surface area contributed by atoms with Gasteiger partial charge < -0.3 is 14.6 Å². The van der Waals surface area contributed by atoms with Crippen LogP contribution < -0.4 is 10.2 Å². The third kappa shape index (κ3) is 5.11. The fraction of sp³-hybridized carbons (Fsp3) is 0.269. The van der Waals surface area contributed by atoms with Crippen LogP contribution in [0.3, 0.4) is 0 Å². The number of hydrogen-bond acceptors (Lipinski definition) is 6. The predicted molar refractivity (Wildman–Crippen MR) is 134 cm³/mol. The molecule has 0 radical (unpaired) electrons. The van der Waals surface area contributed by atoms with Crippen LogP contribution in [0.2, 0.25) is 0 Å². The zero-order valence-corrected chi connectivity index (χ0v) is 20.1. The lowest BCUT2D eigenvalue weighted by atomic mass is 10.1. The molecule has 1 aromatic carbocycles. The first-order valence-electron chi connectivity index (χ1n) is 11.5. The van der Waals surface area contributed by atoms with Crippen molar-refractivity contribution in [1.29, 1.82) is 0 Å². The van der Waals surface area contributed by atoms with Crippen LogP contribution in [0.4, 0.5) is 15.2 Å². The van der Waals surface area contributed by atoms with Gasteiger partial charge in [-0.2, -0.15) is 4.39 Å². The van der Waals surface area contributed by atoms with E-state index in [9.17, 15) is 14.3 Å². The van der Waals surface area contributed by atoms with Crippen molar-refractivity contribution >= 4 is 28.1 Å². The topological polar surface area (TPSA) is 83.3 Å². The summed E-state index contributed by atoms with van der Waals surface area (Å²) in [4.78, 5) is 23.6. The second-order valence-corrected chi connectivity index (χ2v) is 9.52. The monoisotopic (exact) mass is 491 g/mol. The van der Waals surface area contributed by atoms with Gasteiger partial charge in [0.1, 0.15) is 5.69 Å². The number of rotatable bonds is 7. The lowest BCUT2D eigenvalue weighted by Crippen LogP contribution is -2.23. The summed E-state index contributed by atoms with van der Waals surface area (Å²) in [5.74, 6) is -0.807. The quantitative estimate of drug-likeness (QED) is 0.348. The largest absolute Gasteiger partial charge is 0.389 e. The molecule has 4 aromatic rings. The van der Waals surface area contributed by atoms with Gasteiger partial charge in [-0.25, -0.2) is 9.97 Å². The Morgan fingerprint density at radius 3 is 2.89 bits per heavy atom. The molecular weight excluding hydrogens is 465 g/mol. The number of anilines is 2. The molecule has 7 nitrogen and oxygen atoms in total. The van der Waals surface area contributed by atoms with E-state index in [2.05, 4.69) is 15.2 Å². The Morgan fingerprint density at radius 1 is 1.29 bits per heavy atom. The number of aliphatic hydroxyl groups excluding tert-OH is 1. The van der Waals surface area contributed by atoms with Crippen LogP contribution in [0.1, 0.15) is 59.2 Å². The SMILES string of the molecule is C[C@H](O)c1ccc(N2CCCC2c2csc(NC(=O)c3cccn3Cc3ccnc(F)c3)n2)cc1. The van der Waals surface area contributed by atoms with Gasteiger partial charge in [0.25, 0.3) is 5.91 Å². The van der Waals surface area contributed by atoms with E-state index < -0.39 is 12.1 Å². The van der Waals surface area contributed by atoms with Crippen LogP contribution in [-0.4, -0.2) is 32.1 Å². The van der Waals surface area contributed by atoms with E-state index in [0.717, 1.165) is 41.9 Å². The minimum atomic E-state index is -0.546. The minimum Gasteiger partial charge on any atom is -0.389 e. The summed E-state index contributed by atoms with van der Waals surface area (Å²) in [5.41, 5.74) is 4.12. The molecule has 5 rings (SSSR count). The van der Waals surface area contributed by atoms with Crippen LogP contribution in [0.15, 0.2) is 66.3 Å². The summed E-state index contributed by atoms with van der Waals surface area (Å²) in [7, 11) is 0. The number of aliphatic hydroxyl groups is 1. The highest BCUT2D eigenvalue weighted by Crippen LogP contribution is 2.37. The summed E-state index contributed by atoms with van der Waals surface area (Å²) in [5, 5.41) is 15.2. The Morgan fingerprint density at radius 2 is 2.11 bits per heavy atom. The Bertz CT molecular complexity index is 1320. The number of aromatic nitrogens is 3. The molecule has 1 saturated heterocycles. The van der Waals surface area contributed by atoms with Gasteiger partial charge in [0.05, 0.1) is 17.8 Å². The first-order chi connectivity index (χ1) is 17.0. The van der Waals surface area contributed by atoms with E-state index in [1.165, 1.54) is 23.6 Å². The number of nitrogens with zero attached hydrogens (tertiary/aromatic N) is 4. The highest BCUT2D eigenvalue weighted by atomic mass is 32.1. The van der Waals surface area contributed by atoms with E-state index in [-0.39, 0.29) is 11.9 Å². The van der Waals surface area contributed by atoms with Crippen molar-refractivity contribution in [1.82, 2.24) is 14.5 Å². The zero-order chi connectivity index (χ0) is 24.4. The smallest absolute Gasteiger partial charge is 0.274 e. The molecule has 2 N–H and O–H groups in total. The molecule has 0 aliphatic carbocycles. The molecule has 1 aliphatic rings. The summed E-state index contributed by atoms with van der Waals surface area (Å²) >= 11 is 1.41. The highest BCUT2D eigenvalue weighted by Gasteiger charge is 2.28. The van der Waals surface area contributed by atoms with Crippen LogP contribution in [0.25, 0.3) is 0 Å². The van der Waals surface area contributed by atoms with Crippen molar-refractivity contribution < 1.29 is 14.3 Å². The lowest BCUT2D eigenvalue weighted by molar-refractivity contribution is 0.101. The molecule has 1 amide bonds. The van der Waals surface area contributed by atoms with Gasteiger partial charge in [-0.05, 0) is 67.3 Å². The number of carbonyl (C=O) groups is 1. The minimum absolute atomic E-state index is 0.139. The van der Waals surface area contributed by atoms with Crippen molar-refractivity contribution in [3.8, 4) is 0 Å². The van der Waals surface area contributed by atoms with Crippen molar-refractivity contribution in [3.05, 3.63) is 94.8 Å². The van der Waals surface area contributed by atoms with E-state index in [0.29, 0.717) is 17.4 Å². The third-order valence-corrected chi connectivity index (χ3v) is 7.03. The van der Waals surface area contributed by atoms with E-state index in [1.54, 1.807) is 35.9 Å². The summed E-state index contributed by atoms with van der Waals surface area (Å²) in [6, 6.07) is 14.7. The Hall–Kier alpha value is -3.56. The van der Waals surface area contributed by atoms with Crippen LogP contribution in [0.5, 0.6) is 0 Å². The van der Waals surface area contributed by atoms with Crippen molar-refractivity contribution in [2.24, 2.45) is 0 Å². The van der Waals surface area contributed by atoms with Crippen LogP contribution in [-0.2, 0) is 6.54 Å². The molecular formula is C26H26FN5O2S. The Kier molecular flexibility index (Phi) is 6.61. The van der Waals surface area contributed by atoms with Gasteiger partial charge >= 0.3 is 0 Å². The molecule has 1 unspecified atom stereocenters. The van der Waals surface area contributed by atoms with E-state index in [4.69, 9.17) is 4.98 Å². The maximum atomic E-state index is 13.4. The predicted octanol–water partition coefficient (Wildman–Crippen LogP) is 5.17. The van der Waals surface area contributed by atoms with Gasteiger partial charge in [-0.3, -0.25) is 10.1 Å². The van der Waals surface area contributed by atoms with Gasteiger partial charge in [-0.15, -0.1) is 11.3 Å². The number of halogens is 1. The molecule has 3 aromatic heterocycles. The fourth-order valence-corrected chi connectivity index (χ4v) is 5.23. The maximum Gasteiger partial charge on any atom is 0.274 e. The lowest BCUT2D eigenvalue weighted by Gasteiger charge is -2.26.